The predicted octanol–water partition coefficient (Wildman–Crippen LogP) is 0.814. The summed E-state index contributed by atoms with van der Waals surface area (Å²) in [5.74, 6) is -0.182. The van der Waals surface area contributed by atoms with Gasteiger partial charge in [-0.1, -0.05) is 0 Å². The fourth-order valence-corrected chi connectivity index (χ4v) is 3.50. The first-order chi connectivity index (χ1) is 10.1. The van der Waals surface area contributed by atoms with Crippen molar-refractivity contribution >= 4 is 14.8 Å². The zero-order chi connectivity index (χ0) is 16.0. The van der Waals surface area contributed by atoms with Crippen LogP contribution in [0.25, 0.3) is 0 Å². The molecule has 8 heteroatoms. The Balaban J connectivity index is 3.49. The van der Waals surface area contributed by atoms with Gasteiger partial charge in [0.2, 0.25) is 0 Å². The van der Waals surface area contributed by atoms with Crippen LogP contribution in [0, 0.1) is 0 Å². The summed E-state index contributed by atoms with van der Waals surface area (Å²) in [4.78, 5) is 11.3. The number of esters is 1. The first kappa shape index (κ1) is 20.5. The van der Waals surface area contributed by atoms with Crippen LogP contribution in [-0.2, 0) is 27.5 Å². The Morgan fingerprint density at radius 2 is 1.57 bits per heavy atom. The average Bonchev–Trinajstić information content (AvgIpc) is 2.51. The van der Waals surface area contributed by atoms with Crippen LogP contribution in [0.5, 0.6) is 0 Å². The number of methoxy groups -OCH3 is 1. The van der Waals surface area contributed by atoms with Crippen molar-refractivity contribution in [3.63, 3.8) is 0 Å². The standard InChI is InChI=1S/C13H29NO6Si/c1-16-10-11-20-13(15)7-5-8-14-9-6-12-21(17-2,18-3)19-4/h14H,5-12H2,1-4H3. The fraction of sp³-hybridized carbons (Fsp3) is 0.923. The zero-order valence-corrected chi connectivity index (χ0v) is 14.6. The molecule has 0 aliphatic rings. The maximum absolute atomic E-state index is 11.3. The Hall–Kier alpha value is -0.513. The number of rotatable bonds is 14. The molecule has 0 saturated carbocycles. The lowest BCUT2D eigenvalue weighted by Crippen LogP contribution is -2.43. The molecule has 0 aromatic heterocycles. The lowest BCUT2D eigenvalue weighted by Gasteiger charge is -2.24. The molecule has 0 bridgehead atoms. The maximum Gasteiger partial charge on any atom is 0.500 e. The number of carbonyl (C=O) groups excluding carboxylic acids is 1. The summed E-state index contributed by atoms with van der Waals surface area (Å²) in [6, 6.07) is 0.766. The topological polar surface area (TPSA) is 75.3 Å². The lowest BCUT2D eigenvalue weighted by atomic mass is 10.3. The average molecular weight is 323 g/mol. The molecular weight excluding hydrogens is 294 g/mol. The van der Waals surface area contributed by atoms with Crippen molar-refractivity contribution < 1.29 is 27.5 Å². The third-order valence-corrected chi connectivity index (χ3v) is 5.89. The molecule has 21 heavy (non-hydrogen) atoms. The third kappa shape index (κ3) is 9.94. The van der Waals surface area contributed by atoms with Gasteiger partial charge < -0.3 is 28.1 Å². The molecule has 126 valence electrons. The van der Waals surface area contributed by atoms with Crippen LogP contribution in [0.3, 0.4) is 0 Å². The molecule has 0 aliphatic carbocycles. The minimum absolute atomic E-state index is 0.182. The van der Waals surface area contributed by atoms with Crippen molar-refractivity contribution in [2.75, 3.05) is 54.7 Å². The van der Waals surface area contributed by atoms with E-state index in [1.807, 2.05) is 0 Å². The molecule has 0 unspecified atom stereocenters. The Bertz CT molecular complexity index is 255. The fourth-order valence-electron chi connectivity index (χ4n) is 1.78. The van der Waals surface area contributed by atoms with Gasteiger partial charge in [-0.3, -0.25) is 4.79 Å². The van der Waals surface area contributed by atoms with Crippen LogP contribution in [0.1, 0.15) is 19.3 Å². The molecule has 0 aliphatic heterocycles. The zero-order valence-electron chi connectivity index (χ0n) is 13.6. The van der Waals surface area contributed by atoms with Crippen LogP contribution in [0.2, 0.25) is 6.04 Å². The SMILES string of the molecule is COCCOC(=O)CCCNCCC[Si](OC)(OC)OC. The van der Waals surface area contributed by atoms with E-state index in [1.54, 1.807) is 28.4 Å². The Kier molecular flexibility index (Phi) is 12.8. The minimum Gasteiger partial charge on any atom is -0.463 e. The maximum atomic E-state index is 11.3. The summed E-state index contributed by atoms with van der Waals surface area (Å²) in [5, 5.41) is 3.28. The van der Waals surface area contributed by atoms with Crippen LogP contribution >= 0.6 is 0 Å². The van der Waals surface area contributed by atoms with Gasteiger partial charge in [0, 0.05) is 40.9 Å². The monoisotopic (exact) mass is 323 g/mol. The van der Waals surface area contributed by atoms with Gasteiger partial charge in [0.25, 0.3) is 0 Å². The molecular formula is C13H29NO6Si. The van der Waals surface area contributed by atoms with Crippen molar-refractivity contribution in [3.8, 4) is 0 Å². The van der Waals surface area contributed by atoms with Crippen molar-refractivity contribution in [2.24, 2.45) is 0 Å². The van der Waals surface area contributed by atoms with Crippen molar-refractivity contribution in [1.29, 1.82) is 0 Å². The summed E-state index contributed by atoms with van der Waals surface area (Å²) in [6.07, 6.45) is 2.08. The molecule has 0 aromatic carbocycles. The molecule has 0 fully saturated rings. The number of carbonyl (C=O) groups is 1. The third-order valence-electron chi connectivity index (χ3n) is 3.05. The molecule has 0 radical (unpaired) electrons. The van der Waals surface area contributed by atoms with Crippen molar-refractivity contribution in [1.82, 2.24) is 5.32 Å². The van der Waals surface area contributed by atoms with Crippen LogP contribution < -0.4 is 5.32 Å². The summed E-state index contributed by atoms with van der Waals surface area (Å²) >= 11 is 0. The largest absolute Gasteiger partial charge is 0.500 e. The Morgan fingerprint density at radius 1 is 0.952 bits per heavy atom. The number of ether oxygens (including phenoxy) is 2. The molecule has 7 nitrogen and oxygen atoms in total. The molecule has 0 saturated heterocycles. The van der Waals surface area contributed by atoms with E-state index in [0.717, 1.165) is 32.0 Å². The van der Waals surface area contributed by atoms with Crippen LogP contribution in [0.15, 0.2) is 0 Å². The van der Waals surface area contributed by atoms with Gasteiger partial charge in [0.15, 0.2) is 0 Å². The molecule has 0 aromatic rings. The highest BCUT2D eigenvalue weighted by Crippen LogP contribution is 2.14. The van der Waals surface area contributed by atoms with Gasteiger partial charge in [0.05, 0.1) is 6.61 Å². The number of hydrogen-bond donors (Lipinski definition) is 1. The highest BCUT2D eigenvalue weighted by Gasteiger charge is 2.36. The van der Waals surface area contributed by atoms with Gasteiger partial charge >= 0.3 is 14.8 Å². The minimum atomic E-state index is -2.45. The summed E-state index contributed by atoms with van der Waals surface area (Å²) < 4.78 is 25.8. The lowest BCUT2D eigenvalue weighted by molar-refractivity contribution is -0.144. The van der Waals surface area contributed by atoms with E-state index < -0.39 is 8.80 Å². The summed E-state index contributed by atoms with van der Waals surface area (Å²) in [6.45, 7) is 2.37. The van der Waals surface area contributed by atoms with E-state index in [9.17, 15) is 4.79 Å². The first-order valence-corrected chi connectivity index (χ1v) is 9.08. The van der Waals surface area contributed by atoms with E-state index in [0.29, 0.717) is 19.6 Å². The van der Waals surface area contributed by atoms with E-state index in [1.165, 1.54) is 0 Å². The summed E-state index contributed by atoms with van der Waals surface area (Å²) in [5.41, 5.74) is 0. The van der Waals surface area contributed by atoms with E-state index in [-0.39, 0.29) is 5.97 Å². The van der Waals surface area contributed by atoms with Crippen molar-refractivity contribution in [3.05, 3.63) is 0 Å². The second-order valence-corrected chi connectivity index (χ2v) is 7.56. The van der Waals surface area contributed by atoms with Crippen LogP contribution in [-0.4, -0.2) is 69.5 Å². The highest BCUT2D eigenvalue weighted by atomic mass is 28.4. The molecule has 0 rings (SSSR count). The first-order valence-electron chi connectivity index (χ1n) is 7.15. The molecule has 1 N–H and O–H groups in total. The number of nitrogens with one attached hydrogen (secondary N) is 1. The van der Waals surface area contributed by atoms with Crippen molar-refractivity contribution in [2.45, 2.75) is 25.3 Å². The second kappa shape index (κ2) is 13.2. The molecule has 0 spiro atoms. The number of hydrogen-bond acceptors (Lipinski definition) is 7. The summed E-state index contributed by atoms with van der Waals surface area (Å²) in [7, 11) is 3.97. The Morgan fingerprint density at radius 3 is 2.14 bits per heavy atom. The van der Waals surface area contributed by atoms with E-state index in [4.69, 9.17) is 22.8 Å². The van der Waals surface area contributed by atoms with E-state index in [2.05, 4.69) is 5.32 Å². The molecule has 0 heterocycles. The van der Waals surface area contributed by atoms with Crippen LogP contribution in [0.4, 0.5) is 0 Å². The molecule has 0 atom stereocenters. The molecule has 0 amide bonds. The van der Waals surface area contributed by atoms with Gasteiger partial charge in [-0.25, -0.2) is 0 Å². The smallest absolute Gasteiger partial charge is 0.463 e. The quantitative estimate of drug-likeness (QED) is 0.288. The normalized spacial score (nSPS) is 11.6. The van der Waals surface area contributed by atoms with Gasteiger partial charge in [-0.15, -0.1) is 0 Å². The predicted molar refractivity (Wildman–Crippen MR) is 81.1 cm³/mol. The Labute approximate surface area is 128 Å². The van der Waals surface area contributed by atoms with Gasteiger partial charge in [0.1, 0.15) is 6.61 Å². The second-order valence-electron chi connectivity index (χ2n) is 4.47. The van der Waals surface area contributed by atoms with Gasteiger partial charge in [-0.05, 0) is 25.9 Å². The highest BCUT2D eigenvalue weighted by molar-refractivity contribution is 6.60. The van der Waals surface area contributed by atoms with Gasteiger partial charge in [-0.2, -0.15) is 0 Å². The van der Waals surface area contributed by atoms with E-state index >= 15 is 0 Å².